The van der Waals surface area contributed by atoms with E-state index in [0.29, 0.717) is 29.6 Å². The number of nitrogens with zero attached hydrogens (tertiary/aromatic N) is 3. The van der Waals surface area contributed by atoms with E-state index in [9.17, 15) is 4.79 Å². The van der Waals surface area contributed by atoms with Crippen molar-refractivity contribution in [3.8, 4) is 0 Å². The van der Waals surface area contributed by atoms with E-state index in [1.165, 1.54) is 19.3 Å². The van der Waals surface area contributed by atoms with Crippen molar-refractivity contribution in [2.24, 2.45) is 0 Å². The van der Waals surface area contributed by atoms with E-state index in [-0.39, 0.29) is 5.91 Å². The number of halogens is 1. The Bertz CT molecular complexity index is 761. The number of amides is 1. The topological polar surface area (TPSA) is 70.2 Å². The highest BCUT2D eigenvalue weighted by atomic mass is 35.5. The largest absolute Gasteiger partial charge is 0.356 e. The molecule has 0 radical (unpaired) electrons. The number of carbonyl (C=O) groups excluding carboxylic acids is 1. The lowest BCUT2D eigenvalue weighted by Gasteiger charge is -2.28. The zero-order valence-electron chi connectivity index (χ0n) is 15.0. The molecule has 6 nitrogen and oxygen atoms in total. The summed E-state index contributed by atoms with van der Waals surface area (Å²) >= 11 is 5.91. The first-order chi connectivity index (χ1) is 12.6. The van der Waals surface area contributed by atoms with Gasteiger partial charge in [0.25, 0.3) is 5.91 Å². The molecule has 0 bridgehead atoms. The maximum atomic E-state index is 12.1. The molecule has 1 fully saturated rings. The van der Waals surface area contributed by atoms with Crippen LogP contribution >= 0.6 is 11.6 Å². The molecule has 2 N–H and O–H groups in total. The van der Waals surface area contributed by atoms with E-state index < -0.39 is 0 Å². The summed E-state index contributed by atoms with van der Waals surface area (Å²) in [5.74, 6) is 1.43. The molecule has 7 heteroatoms. The highest BCUT2D eigenvalue weighted by Crippen LogP contribution is 2.19. The number of hydrogen-bond donors (Lipinski definition) is 2. The van der Waals surface area contributed by atoms with Gasteiger partial charge in [-0.15, -0.1) is 0 Å². The average molecular weight is 374 g/mol. The Labute approximate surface area is 159 Å². The summed E-state index contributed by atoms with van der Waals surface area (Å²) in [5.41, 5.74) is 1.49. The summed E-state index contributed by atoms with van der Waals surface area (Å²) in [5, 5.41) is 6.61. The predicted molar refractivity (Wildman–Crippen MR) is 105 cm³/mol. The Kier molecular flexibility index (Phi) is 6.28. The molecule has 1 aliphatic rings. The minimum atomic E-state index is -0.145. The van der Waals surface area contributed by atoms with Crippen LogP contribution in [0.25, 0.3) is 0 Å². The molecule has 138 valence electrons. The van der Waals surface area contributed by atoms with Crippen molar-refractivity contribution >= 4 is 29.3 Å². The maximum absolute atomic E-state index is 12.1. The van der Waals surface area contributed by atoms with Gasteiger partial charge in [0.2, 0.25) is 5.95 Å². The number of nitrogens with one attached hydrogen (secondary N) is 2. The molecule has 1 amide bonds. The summed E-state index contributed by atoms with van der Waals surface area (Å²) in [4.78, 5) is 23.5. The Hall–Kier alpha value is -2.34. The highest BCUT2D eigenvalue weighted by Gasteiger charge is 2.13. The van der Waals surface area contributed by atoms with Crippen molar-refractivity contribution in [2.75, 3.05) is 36.4 Å². The van der Waals surface area contributed by atoms with Crippen molar-refractivity contribution in [3.63, 3.8) is 0 Å². The number of hydrogen-bond acceptors (Lipinski definition) is 5. The molecular formula is C19H24ClN5O. The SMILES string of the molecule is Cc1cc(N2CCCCC2)nc(NCCNC(=O)c2cccc(Cl)c2)n1. The van der Waals surface area contributed by atoms with Crippen LogP contribution in [-0.4, -0.2) is 42.1 Å². The monoisotopic (exact) mass is 373 g/mol. The maximum Gasteiger partial charge on any atom is 0.251 e. The van der Waals surface area contributed by atoms with Gasteiger partial charge < -0.3 is 15.5 Å². The second kappa shape index (κ2) is 8.85. The molecule has 0 atom stereocenters. The van der Waals surface area contributed by atoms with Crippen molar-refractivity contribution in [1.82, 2.24) is 15.3 Å². The normalized spacial score (nSPS) is 14.2. The molecule has 0 spiro atoms. The third kappa shape index (κ3) is 5.08. The van der Waals surface area contributed by atoms with E-state index in [1.807, 2.05) is 13.0 Å². The van der Waals surface area contributed by atoms with Crippen LogP contribution in [0.3, 0.4) is 0 Å². The van der Waals surface area contributed by atoms with Crippen molar-refractivity contribution in [1.29, 1.82) is 0 Å². The minimum Gasteiger partial charge on any atom is -0.356 e. The Balaban J connectivity index is 1.51. The van der Waals surface area contributed by atoms with Crippen LogP contribution in [0.2, 0.25) is 5.02 Å². The van der Waals surface area contributed by atoms with Gasteiger partial charge in [0.05, 0.1) is 0 Å². The molecule has 1 saturated heterocycles. The van der Waals surface area contributed by atoms with Gasteiger partial charge in [-0.05, 0) is 44.4 Å². The second-order valence-electron chi connectivity index (χ2n) is 6.43. The number of aromatic nitrogens is 2. The van der Waals surface area contributed by atoms with Crippen molar-refractivity contribution in [2.45, 2.75) is 26.2 Å². The van der Waals surface area contributed by atoms with Crippen LogP contribution in [-0.2, 0) is 0 Å². The smallest absolute Gasteiger partial charge is 0.251 e. The van der Waals surface area contributed by atoms with Gasteiger partial charge in [0.15, 0.2) is 0 Å². The fraction of sp³-hybridized carbons (Fsp3) is 0.421. The summed E-state index contributed by atoms with van der Waals surface area (Å²) in [7, 11) is 0. The molecule has 2 heterocycles. The van der Waals surface area contributed by atoms with Crippen LogP contribution < -0.4 is 15.5 Å². The summed E-state index contributed by atoms with van der Waals surface area (Å²) in [6, 6.07) is 8.92. The van der Waals surface area contributed by atoms with Crippen LogP contribution in [0.15, 0.2) is 30.3 Å². The lowest BCUT2D eigenvalue weighted by atomic mass is 10.1. The molecule has 2 aromatic rings. The Morgan fingerprint density at radius 3 is 2.73 bits per heavy atom. The molecule has 0 saturated carbocycles. The van der Waals surface area contributed by atoms with Gasteiger partial charge in [-0.25, -0.2) is 4.98 Å². The molecule has 1 aliphatic heterocycles. The number of aryl methyl sites for hydroxylation is 1. The van der Waals surface area contributed by atoms with Crippen LogP contribution in [0.1, 0.15) is 35.3 Å². The lowest BCUT2D eigenvalue weighted by molar-refractivity contribution is 0.0955. The second-order valence-corrected chi connectivity index (χ2v) is 6.87. The molecule has 1 aromatic carbocycles. The zero-order valence-corrected chi connectivity index (χ0v) is 15.7. The molecule has 0 unspecified atom stereocenters. The highest BCUT2D eigenvalue weighted by molar-refractivity contribution is 6.30. The van der Waals surface area contributed by atoms with E-state index in [0.717, 1.165) is 24.6 Å². The van der Waals surface area contributed by atoms with Crippen molar-refractivity contribution < 1.29 is 4.79 Å². The van der Waals surface area contributed by atoms with E-state index in [4.69, 9.17) is 11.6 Å². The summed E-state index contributed by atoms with van der Waals surface area (Å²) < 4.78 is 0. The third-order valence-corrected chi connectivity index (χ3v) is 4.54. The zero-order chi connectivity index (χ0) is 18.4. The van der Waals surface area contributed by atoms with Gasteiger partial charge in [-0.2, -0.15) is 4.98 Å². The fourth-order valence-corrected chi connectivity index (χ4v) is 3.19. The van der Waals surface area contributed by atoms with E-state index in [1.54, 1.807) is 24.3 Å². The molecule has 3 rings (SSSR count). The van der Waals surface area contributed by atoms with Gasteiger partial charge >= 0.3 is 0 Å². The first-order valence-electron chi connectivity index (χ1n) is 9.00. The Morgan fingerprint density at radius 2 is 1.96 bits per heavy atom. The number of piperidine rings is 1. The van der Waals surface area contributed by atoms with Crippen LogP contribution in [0.4, 0.5) is 11.8 Å². The standard InChI is InChI=1S/C19H24ClN5O/c1-14-12-17(25-10-3-2-4-11-25)24-19(23-14)22-9-8-21-18(26)15-6-5-7-16(20)13-15/h5-7,12-13H,2-4,8-11H2,1H3,(H,21,26)(H,22,23,24). The molecule has 0 aliphatic carbocycles. The molecular weight excluding hydrogens is 350 g/mol. The van der Waals surface area contributed by atoms with Crippen LogP contribution in [0, 0.1) is 6.92 Å². The van der Waals surface area contributed by atoms with Gasteiger partial charge in [-0.1, -0.05) is 17.7 Å². The van der Waals surface area contributed by atoms with Gasteiger partial charge in [0.1, 0.15) is 5.82 Å². The van der Waals surface area contributed by atoms with E-state index in [2.05, 4.69) is 25.5 Å². The lowest BCUT2D eigenvalue weighted by Crippen LogP contribution is -2.31. The van der Waals surface area contributed by atoms with Crippen LogP contribution in [0.5, 0.6) is 0 Å². The molecule has 1 aromatic heterocycles. The Morgan fingerprint density at radius 1 is 1.15 bits per heavy atom. The predicted octanol–water partition coefficient (Wildman–Crippen LogP) is 3.27. The number of carbonyl (C=O) groups is 1. The number of benzene rings is 1. The van der Waals surface area contributed by atoms with E-state index >= 15 is 0 Å². The average Bonchev–Trinajstić information content (AvgIpc) is 2.65. The third-order valence-electron chi connectivity index (χ3n) is 4.30. The number of rotatable bonds is 6. The summed E-state index contributed by atoms with van der Waals surface area (Å²) in [6.45, 7) is 5.09. The minimum absolute atomic E-state index is 0.145. The quantitative estimate of drug-likeness (QED) is 0.760. The number of anilines is 2. The first-order valence-corrected chi connectivity index (χ1v) is 9.38. The van der Waals surface area contributed by atoms with Gasteiger partial charge in [0, 0.05) is 48.5 Å². The molecule has 26 heavy (non-hydrogen) atoms. The summed E-state index contributed by atoms with van der Waals surface area (Å²) in [6.07, 6.45) is 3.71. The van der Waals surface area contributed by atoms with Crippen molar-refractivity contribution in [3.05, 3.63) is 46.6 Å². The van der Waals surface area contributed by atoms with Gasteiger partial charge in [-0.3, -0.25) is 4.79 Å². The first kappa shape index (κ1) is 18.5. The fourth-order valence-electron chi connectivity index (χ4n) is 3.00.